The Kier molecular flexibility index (Phi) is 5.38. The molecule has 0 saturated carbocycles. The third kappa shape index (κ3) is 3.71. The van der Waals surface area contributed by atoms with E-state index in [0.717, 1.165) is 16.8 Å². The molecule has 0 amide bonds. The second-order valence-corrected chi connectivity index (χ2v) is 8.40. The van der Waals surface area contributed by atoms with Gasteiger partial charge in [-0.05, 0) is 43.7 Å². The third-order valence-corrected chi connectivity index (χ3v) is 5.57. The molecule has 0 spiro atoms. The standard InChI is InChI=1S/C21H21FN2O3S/c1-5-12-24-14(2)20(16-8-11-19(27-3)18(22)13-16)21(23-24)15-6-9-17(10-7-15)28(4,25)26/h5-13H,1-4H3. The van der Waals surface area contributed by atoms with Crippen LogP contribution in [0.1, 0.15) is 12.6 Å². The van der Waals surface area contributed by atoms with Crippen LogP contribution in [0.2, 0.25) is 0 Å². The predicted molar refractivity (Wildman–Crippen MR) is 108 cm³/mol. The minimum Gasteiger partial charge on any atom is -0.494 e. The molecule has 0 fully saturated rings. The number of halogens is 1. The summed E-state index contributed by atoms with van der Waals surface area (Å²) in [6.07, 6.45) is 4.83. The van der Waals surface area contributed by atoms with E-state index in [1.54, 1.807) is 41.1 Å². The van der Waals surface area contributed by atoms with Gasteiger partial charge >= 0.3 is 0 Å². The van der Waals surface area contributed by atoms with Crippen molar-refractivity contribution in [1.29, 1.82) is 0 Å². The van der Waals surface area contributed by atoms with Gasteiger partial charge in [0, 0.05) is 29.3 Å². The Labute approximate surface area is 164 Å². The number of aromatic nitrogens is 2. The van der Waals surface area contributed by atoms with Crippen LogP contribution in [0.25, 0.3) is 28.6 Å². The second-order valence-electron chi connectivity index (χ2n) is 6.38. The SMILES string of the molecule is CC=Cn1nc(-c2ccc(S(C)(=O)=O)cc2)c(-c2ccc(OC)c(F)c2)c1C. The first-order valence-electron chi connectivity index (χ1n) is 8.62. The summed E-state index contributed by atoms with van der Waals surface area (Å²) in [6.45, 7) is 3.78. The van der Waals surface area contributed by atoms with Gasteiger partial charge in [-0.2, -0.15) is 5.10 Å². The summed E-state index contributed by atoms with van der Waals surface area (Å²) in [5.74, 6) is -0.294. The number of allylic oxidation sites excluding steroid dienone is 1. The molecule has 1 heterocycles. The molecule has 3 aromatic rings. The summed E-state index contributed by atoms with van der Waals surface area (Å²) in [6, 6.07) is 11.3. The lowest BCUT2D eigenvalue weighted by Crippen LogP contribution is -1.96. The molecule has 0 aliphatic rings. The molecule has 0 saturated heterocycles. The zero-order valence-electron chi connectivity index (χ0n) is 16.1. The number of nitrogens with zero attached hydrogens (tertiary/aromatic N) is 2. The van der Waals surface area contributed by atoms with Crippen molar-refractivity contribution in [2.45, 2.75) is 18.7 Å². The first-order valence-corrected chi connectivity index (χ1v) is 10.5. The number of rotatable bonds is 5. The van der Waals surface area contributed by atoms with Gasteiger partial charge in [-0.25, -0.2) is 17.5 Å². The Morgan fingerprint density at radius 1 is 1.11 bits per heavy atom. The van der Waals surface area contributed by atoms with Crippen molar-refractivity contribution in [3.05, 3.63) is 60.1 Å². The number of sulfone groups is 1. The Hall–Kier alpha value is -2.93. The fourth-order valence-corrected chi connectivity index (χ4v) is 3.67. The lowest BCUT2D eigenvalue weighted by molar-refractivity contribution is 0.386. The highest BCUT2D eigenvalue weighted by molar-refractivity contribution is 7.90. The fourth-order valence-electron chi connectivity index (χ4n) is 3.03. The first kappa shape index (κ1) is 19.8. The number of hydrogen-bond donors (Lipinski definition) is 0. The molecular weight excluding hydrogens is 379 g/mol. The van der Waals surface area contributed by atoms with Gasteiger partial charge in [0.05, 0.1) is 12.0 Å². The number of ether oxygens (including phenoxy) is 1. The zero-order valence-corrected chi connectivity index (χ0v) is 16.9. The molecule has 0 bridgehead atoms. The number of hydrogen-bond acceptors (Lipinski definition) is 4. The lowest BCUT2D eigenvalue weighted by Gasteiger charge is -2.08. The molecule has 7 heteroatoms. The molecule has 146 valence electrons. The summed E-state index contributed by atoms with van der Waals surface area (Å²) in [5, 5.41) is 4.64. The van der Waals surface area contributed by atoms with Gasteiger partial charge in [0.15, 0.2) is 21.4 Å². The van der Waals surface area contributed by atoms with Crippen LogP contribution >= 0.6 is 0 Å². The van der Waals surface area contributed by atoms with Crippen LogP contribution in [0.4, 0.5) is 4.39 Å². The Morgan fingerprint density at radius 2 is 1.75 bits per heavy atom. The van der Waals surface area contributed by atoms with Crippen LogP contribution in [0, 0.1) is 12.7 Å². The minimum absolute atomic E-state index is 0.168. The van der Waals surface area contributed by atoms with Crippen molar-refractivity contribution in [3.8, 4) is 28.1 Å². The van der Waals surface area contributed by atoms with Crippen LogP contribution in [0.3, 0.4) is 0 Å². The molecule has 3 rings (SSSR count). The van der Waals surface area contributed by atoms with Crippen molar-refractivity contribution in [3.63, 3.8) is 0 Å². The molecule has 2 aromatic carbocycles. The minimum atomic E-state index is -3.29. The van der Waals surface area contributed by atoms with Crippen molar-refractivity contribution in [1.82, 2.24) is 9.78 Å². The molecular formula is C21H21FN2O3S. The van der Waals surface area contributed by atoms with E-state index in [0.29, 0.717) is 11.3 Å². The third-order valence-electron chi connectivity index (χ3n) is 4.44. The van der Waals surface area contributed by atoms with Crippen LogP contribution in [0.5, 0.6) is 5.75 Å². The highest BCUT2D eigenvalue weighted by atomic mass is 32.2. The van der Waals surface area contributed by atoms with E-state index in [-0.39, 0.29) is 10.6 Å². The van der Waals surface area contributed by atoms with Gasteiger partial charge in [0.25, 0.3) is 0 Å². The summed E-state index contributed by atoms with van der Waals surface area (Å²) in [7, 11) is -1.87. The predicted octanol–water partition coefficient (Wildman–Crippen LogP) is 4.57. The fraction of sp³-hybridized carbons (Fsp3) is 0.190. The van der Waals surface area contributed by atoms with Gasteiger partial charge in [0.1, 0.15) is 5.69 Å². The molecule has 28 heavy (non-hydrogen) atoms. The molecule has 0 atom stereocenters. The van der Waals surface area contributed by atoms with E-state index in [9.17, 15) is 12.8 Å². The Morgan fingerprint density at radius 3 is 2.29 bits per heavy atom. The molecule has 0 aliphatic carbocycles. The van der Waals surface area contributed by atoms with Crippen LogP contribution < -0.4 is 4.74 Å². The molecule has 5 nitrogen and oxygen atoms in total. The molecule has 0 aliphatic heterocycles. The van der Waals surface area contributed by atoms with Crippen molar-refractivity contribution in [2.75, 3.05) is 13.4 Å². The largest absolute Gasteiger partial charge is 0.494 e. The number of benzene rings is 2. The van der Waals surface area contributed by atoms with E-state index in [1.165, 1.54) is 19.4 Å². The van der Waals surface area contributed by atoms with Gasteiger partial charge in [-0.3, -0.25) is 0 Å². The summed E-state index contributed by atoms with van der Waals surface area (Å²) < 4.78 is 44.5. The summed E-state index contributed by atoms with van der Waals surface area (Å²) >= 11 is 0. The zero-order chi connectivity index (χ0) is 20.5. The van der Waals surface area contributed by atoms with E-state index in [4.69, 9.17) is 4.74 Å². The highest BCUT2D eigenvalue weighted by Gasteiger charge is 2.19. The maximum Gasteiger partial charge on any atom is 0.175 e. The van der Waals surface area contributed by atoms with E-state index in [1.807, 2.05) is 26.1 Å². The smallest absolute Gasteiger partial charge is 0.175 e. The highest BCUT2D eigenvalue weighted by Crippen LogP contribution is 2.36. The first-order chi connectivity index (χ1) is 13.3. The molecule has 1 aromatic heterocycles. The van der Waals surface area contributed by atoms with Gasteiger partial charge in [-0.1, -0.05) is 24.3 Å². The van der Waals surface area contributed by atoms with E-state index < -0.39 is 15.7 Å². The molecule has 0 unspecified atom stereocenters. The van der Waals surface area contributed by atoms with Gasteiger partial charge < -0.3 is 4.74 Å². The normalized spacial score (nSPS) is 11.9. The molecule has 0 N–H and O–H groups in total. The molecule has 0 radical (unpaired) electrons. The Bertz CT molecular complexity index is 1150. The number of methoxy groups -OCH3 is 1. The van der Waals surface area contributed by atoms with Crippen molar-refractivity contribution in [2.24, 2.45) is 0 Å². The summed E-state index contributed by atoms with van der Waals surface area (Å²) in [5.41, 5.74) is 3.65. The average Bonchev–Trinajstić information content (AvgIpc) is 2.98. The van der Waals surface area contributed by atoms with E-state index >= 15 is 0 Å². The van der Waals surface area contributed by atoms with Crippen molar-refractivity contribution < 1.29 is 17.5 Å². The maximum atomic E-state index is 14.3. The van der Waals surface area contributed by atoms with Gasteiger partial charge in [0.2, 0.25) is 0 Å². The van der Waals surface area contributed by atoms with E-state index in [2.05, 4.69) is 5.10 Å². The average molecular weight is 400 g/mol. The quantitative estimate of drug-likeness (QED) is 0.630. The van der Waals surface area contributed by atoms with Gasteiger partial charge in [-0.15, -0.1) is 0 Å². The van der Waals surface area contributed by atoms with Crippen LogP contribution in [0.15, 0.2) is 53.4 Å². The van der Waals surface area contributed by atoms with Crippen LogP contribution in [-0.4, -0.2) is 31.6 Å². The second kappa shape index (κ2) is 7.59. The topological polar surface area (TPSA) is 61.2 Å². The monoisotopic (exact) mass is 400 g/mol. The lowest BCUT2D eigenvalue weighted by atomic mass is 9.99. The maximum absolute atomic E-state index is 14.3. The summed E-state index contributed by atoms with van der Waals surface area (Å²) in [4.78, 5) is 0.234. The van der Waals surface area contributed by atoms with Crippen LogP contribution in [-0.2, 0) is 9.84 Å². The Balaban J connectivity index is 2.21. The van der Waals surface area contributed by atoms with Crippen molar-refractivity contribution >= 4 is 16.0 Å².